The van der Waals surface area contributed by atoms with Crippen LogP contribution < -0.4 is 10.1 Å². The maximum atomic E-state index is 13.7. The van der Waals surface area contributed by atoms with E-state index in [1.54, 1.807) is 12.3 Å². The van der Waals surface area contributed by atoms with Crippen molar-refractivity contribution in [3.63, 3.8) is 0 Å². The first-order chi connectivity index (χ1) is 8.76. The van der Waals surface area contributed by atoms with E-state index in [1.165, 1.54) is 13.2 Å². The molecule has 0 radical (unpaired) electrons. The molecule has 0 spiro atoms. The largest absolute Gasteiger partial charge is 0.494 e. The zero-order chi connectivity index (χ0) is 13.0. The summed E-state index contributed by atoms with van der Waals surface area (Å²) in [5.74, 6) is -0.157. The van der Waals surface area contributed by atoms with Crippen molar-refractivity contribution in [3.05, 3.63) is 41.5 Å². The molecule has 0 saturated carbocycles. The monoisotopic (exact) mass is 250 g/mol. The Morgan fingerprint density at radius 3 is 2.89 bits per heavy atom. The average molecular weight is 250 g/mol. The first kappa shape index (κ1) is 12.5. The molecule has 6 heteroatoms. The third kappa shape index (κ3) is 2.48. The minimum atomic E-state index is -0.388. The number of benzene rings is 1. The highest BCUT2D eigenvalue weighted by Crippen LogP contribution is 2.24. The van der Waals surface area contributed by atoms with Gasteiger partial charge in [-0.05, 0) is 24.2 Å². The van der Waals surface area contributed by atoms with E-state index in [0.29, 0.717) is 0 Å². The van der Waals surface area contributed by atoms with Crippen molar-refractivity contribution >= 4 is 0 Å². The van der Waals surface area contributed by atoms with Crippen LogP contribution in [0, 0.1) is 5.82 Å². The van der Waals surface area contributed by atoms with Crippen molar-refractivity contribution in [2.24, 2.45) is 0 Å². The number of hydrogen-bond donors (Lipinski definition) is 2. The number of methoxy groups -OCH3 is 1. The minimum Gasteiger partial charge on any atom is -0.494 e. The first-order valence-corrected chi connectivity index (χ1v) is 5.68. The van der Waals surface area contributed by atoms with Crippen molar-refractivity contribution < 1.29 is 9.13 Å². The average Bonchev–Trinajstić information content (AvgIpc) is 2.89. The minimum absolute atomic E-state index is 0.186. The summed E-state index contributed by atoms with van der Waals surface area (Å²) in [6.07, 6.45) is 1.62. The Kier molecular flexibility index (Phi) is 3.88. The molecule has 0 saturated heterocycles. The van der Waals surface area contributed by atoms with Crippen LogP contribution in [-0.4, -0.2) is 29.1 Å². The molecule has 2 N–H and O–H groups in total. The summed E-state index contributed by atoms with van der Waals surface area (Å²) in [5.41, 5.74) is 1.51. The molecule has 0 amide bonds. The molecule has 2 rings (SSSR count). The van der Waals surface area contributed by atoms with Gasteiger partial charge < -0.3 is 10.1 Å². The molecule has 1 unspecified atom stereocenters. The van der Waals surface area contributed by atoms with Crippen LogP contribution in [-0.2, 0) is 0 Å². The summed E-state index contributed by atoms with van der Waals surface area (Å²) in [6, 6.07) is 4.67. The molecule has 96 valence electrons. The highest BCUT2D eigenvalue weighted by molar-refractivity contribution is 5.34. The summed E-state index contributed by atoms with van der Waals surface area (Å²) < 4.78 is 18.6. The predicted octanol–water partition coefficient (Wildman–Crippen LogP) is 1.65. The summed E-state index contributed by atoms with van der Waals surface area (Å²) in [6.45, 7) is 2.72. The lowest BCUT2D eigenvalue weighted by atomic mass is 10.0. The van der Waals surface area contributed by atoms with E-state index in [2.05, 4.69) is 20.7 Å². The fourth-order valence-electron chi connectivity index (χ4n) is 1.81. The second-order valence-corrected chi connectivity index (χ2v) is 3.78. The Morgan fingerprint density at radius 2 is 2.33 bits per heavy atom. The Morgan fingerprint density at radius 1 is 1.50 bits per heavy atom. The summed E-state index contributed by atoms with van der Waals surface area (Å²) in [4.78, 5) is 0. The Bertz CT molecular complexity index is 501. The number of aromatic amines is 1. The number of nitrogens with zero attached hydrogens (tertiary/aromatic N) is 2. The summed E-state index contributed by atoms with van der Waals surface area (Å²) in [7, 11) is 1.44. The molecule has 0 aliphatic rings. The second kappa shape index (κ2) is 5.59. The first-order valence-electron chi connectivity index (χ1n) is 5.68. The van der Waals surface area contributed by atoms with E-state index in [4.69, 9.17) is 4.74 Å². The van der Waals surface area contributed by atoms with Gasteiger partial charge in [0.25, 0.3) is 0 Å². The highest BCUT2D eigenvalue weighted by Gasteiger charge is 2.17. The van der Waals surface area contributed by atoms with Gasteiger partial charge in [0.1, 0.15) is 5.69 Å². The Hall–Kier alpha value is -1.95. The van der Waals surface area contributed by atoms with Gasteiger partial charge in [0.2, 0.25) is 0 Å². The standard InChI is InChI=1S/C12H15FN4O/c1-3-14-12(10-7-15-17-16-10)8-4-5-11(18-2)9(13)6-8/h4-7,12,14H,3H2,1-2H3,(H,15,16,17). The molecule has 1 heterocycles. The van der Waals surface area contributed by atoms with Crippen LogP contribution in [0.2, 0.25) is 0 Å². The van der Waals surface area contributed by atoms with Crippen LogP contribution in [0.3, 0.4) is 0 Å². The topological polar surface area (TPSA) is 62.8 Å². The van der Waals surface area contributed by atoms with Crippen molar-refractivity contribution in [1.82, 2.24) is 20.7 Å². The number of hydrogen-bond acceptors (Lipinski definition) is 4. The van der Waals surface area contributed by atoms with Gasteiger partial charge in [0, 0.05) is 0 Å². The van der Waals surface area contributed by atoms with Crippen molar-refractivity contribution in [3.8, 4) is 5.75 Å². The summed E-state index contributed by atoms with van der Waals surface area (Å²) in [5, 5.41) is 13.6. The molecule has 0 fully saturated rings. The van der Waals surface area contributed by atoms with Crippen molar-refractivity contribution in [2.75, 3.05) is 13.7 Å². The van der Waals surface area contributed by atoms with E-state index in [9.17, 15) is 4.39 Å². The number of ether oxygens (including phenoxy) is 1. The molecule has 5 nitrogen and oxygen atoms in total. The van der Waals surface area contributed by atoms with Gasteiger partial charge in [-0.15, -0.1) is 0 Å². The number of halogens is 1. The van der Waals surface area contributed by atoms with Crippen LogP contribution in [0.5, 0.6) is 5.75 Å². The van der Waals surface area contributed by atoms with Crippen LogP contribution in [0.4, 0.5) is 4.39 Å². The van der Waals surface area contributed by atoms with Crippen LogP contribution in [0.25, 0.3) is 0 Å². The van der Waals surface area contributed by atoms with E-state index >= 15 is 0 Å². The lowest BCUT2D eigenvalue weighted by Gasteiger charge is -2.16. The molecule has 18 heavy (non-hydrogen) atoms. The van der Waals surface area contributed by atoms with Gasteiger partial charge in [0.15, 0.2) is 11.6 Å². The van der Waals surface area contributed by atoms with Crippen LogP contribution in [0.15, 0.2) is 24.4 Å². The lowest BCUT2D eigenvalue weighted by molar-refractivity contribution is 0.385. The van der Waals surface area contributed by atoms with Gasteiger partial charge in [-0.2, -0.15) is 15.4 Å². The number of nitrogens with one attached hydrogen (secondary N) is 2. The van der Waals surface area contributed by atoms with Gasteiger partial charge in [0.05, 0.1) is 19.3 Å². The maximum Gasteiger partial charge on any atom is 0.165 e. The van der Waals surface area contributed by atoms with Gasteiger partial charge in [-0.1, -0.05) is 13.0 Å². The fourth-order valence-corrected chi connectivity index (χ4v) is 1.81. The van der Waals surface area contributed by atoms with Gasteiger partial charge >= 0.3 is 0 Å². The van der Waals surface area contributed by atoms with Gasteiger partial charge in [-0.3, -0.25) is 0 Å². The molecule has 0 aliphatic heterocycles. The second-order valence-electron chi connectivity index (χ2n) is 3.78. The smallest absolute Gasteiger partial charge is 0.165 e. The molecular formula is C12H15FN4O. The zero-order valence-corrected chi connectivity index (χ0v) is 10.3. The van der Waals surface area contributed by atoms with Gasteiger partial charge in [-0.25, -0.2) is 4.39 Å². The quantitative estimate of drug-likeness (QED) is 0.847. The third-order valence-electron chi connectivity index (χ3n) is 2.65. The van der Waals surface area contributed by atoms with E-state index in [1.807, 2.05) is 13.0 Å². The van der Waals surface area contributed by atoms with E-state index in [0.717, 1.165) is 17.8 Å². The predicted molar refractivity (Wildman–Crippen MR) is 64.9 cm³/mol. The molecular weight excluding hydrogens is 235 g/mol. The molecule has 2 aromatic rings. The molecule has 0 aliphatic carbocycles. The summed E-state index contributed by atoms with van der Waals surface area (Å²) >= 11 is 0. The van der Waals surface area contributed by atoms with Crippen molar-refractivity contribution in [1.29, 1.82) is 0 Å². The normalized spacial score (nSPS) is 12.4. The molecule has 1 atom stereocenters. The number of rotatable bonds is 5. The van der Waals surface area contributed by atoms with Crippen molar-refractivity contribution in [2.45, 2.75) is 13.0 Å². The van der Waals surface area contributed by atoms with E-state index < -0.39 is 0 Å². The number of aromatic nitrogens is 3. The highest BCUT2D eigenvalue weighted by atomic mass is 19.1. The Labute approximate surface area is 104 Å². The zero-order valence-electron chi connectivity index (χ0n) is 10.3. The SMILES string of the molecule is CCNC(c1ccc(OC)c(F)c1)c1cn[nH]n1. The fraction of sp³-hybridized carbons (Fsp3) is 0.333. The lowest BCUT2D eigenvalue weighted by Crippen LogP contribution is -2.22. The van der Waals surface area contributed by atoms with Crippen LogP contribution >= 0.6 is 0 Å². The molecule has 1 aromatic carbocycles. The molecule has 0 bridgehead atoms. The van der Waals surface area contributed by atoms with Crippen LogP contribution in [0.1, 0.15) is 24.2 Å². The maximum absolute atomic E-state index is 13.7. The number of H-pyrrole nitrogens is 1. The Balaban J connectivity index is 2.34. The van der Waals surface area contributed by atoms with E-state index in [-0.39, 0.29) is 17.6 Å². The molecule has 1 aromatic heterocycles. The third-order valence-corrected chi connectivity index (χ3v) is 2.65.